The predicted molar refractivity (Wildman–Crippen MR) is 158 cm³/mol. The lowest BCUT2D eigenvalue weighted by Crippen LogP contribution is -2.51. The van der Waals surface area contributed by atoms with Gasteiger partial charge in [-0.1, -0.05) is 23.7 Å². The van der Waals surface area contributed by atoms with E-state index >= 15 is 0 Å². The number of nitrogens with one attached hydrogen (secondary N) is 1. The van der Waals surface area contributed by atoms with Gasteiger partial charge in [0.25, 0.3) is 0 Å². The second kappa shape index (κ2) is 9.64. The minimum absolute atomic E-state index is 0.154. The Bertz CT molecular complexity index is 1660. The number of phenolic OH excluding ortho intramolecular Hbond substituents is 1. The Labute approximate surface area is 242 Å². The molecule has 10 heteroatoms. The highest BCUT2D eigenvalue weighted by Crippen LogP contribution is 2.41. The molecule has 4 fully saturated rings. The fourth-order valence-electron chi connectivity index (χ4n) is 7.63. The van der Waals surface area contributed by atoms with Crippen molar-refractivity contribution < 1.29 is 14.2 Å². The van der Waals surface area contributed by atoms with Gasteiger partial charge in [0, 0.05) is 60.3 Å². The van der Waals surface area contributed by atoms with E-state index in [0.717, 1.165) is 73.0 Å². The van der Waals surface area contributed by atoms with Crippen LogP contribution >= 0.6 is 11.6 Å². The summed E-state index contributed by atoms with van der Waals surface area (Å²) in [5.74, 6) is 0.922. The van der Waals surface area contributed by atoms with Crippen LogP contribution in [0.5, 0.6) is 11.8 Å². The molecule has 4 saturated heterocycles. The fourth-order valence-corrected chi connectivity index (χ4v) is 7.91. The number of anilines is 1. The maximum Gasteiger partial charge on any atom is 0.319 e. The number of piperazine rings is 1. The molecule has 0 spiro atoms. The lowest BCUT2D eigenvalue weighted by atomic mass is 9.95. The van der Waals surface area contributed by atoms with Gasteiger partial charge in [0.15, 0.2) is 5.82 Å². The van der Waals surface area contributed by atoms with E-state index in [1.54, 1.807) is 18.3 Å². The molecular weight excluding hydrogens is 543 g/mol. The summed E-state index contributed by atoms with van der Waals surface area (Å²) in [5, 5.41) is 16.5. The summed E-state index contributed by atoms with van der Waals surface area (Å²) in [4.78, 5) is 19.2. The van der Waals surface area contributed by atoms with E-state index in [4.69, 9.17) is 31.3 Å². The second-order valence-corrected chi connectivity index (χ2v) is 12.6. The summed E-state index contributed by atoms with van der Waals surface area (Å²) in [7, 11) is 0. The summed E-state index contributed by atoms with van der Waals surface area (Å²) < 4.78 is 20.8. The molecular formula is C31H32ClFN6O2. The molecule has 212 valence electrons. The van der Waals surface area contributed by atoms with Gasteiger partial charge >= 0.3 is 6.01 Å². The first-order chi connectivity index (χ1) is 19.9. The van der Waals surface area contributed by atoms with Crippen LogP contribution in [0, 0.1) is 0 Å². The first-order valence-electron chi connectivity index (χ1n) is 14.6. The van der Waals surface area contributed by atoms with Crippen LogP contribution in [0.15, 0.2) is 42.6 Å². The third-order valence-electron chi connectivity index (χ3n) is 9.47. The number of benzene rings is 2. The highest BCUT2D eigenvalue weighted by molar-refractivity contribution is 6.36. The molecule has 6 heterocycles. The molecule has 4 aliphatic rings. The van der Waals surface area contributed by atoms with Crippen molar-refractivity contribution in [3.05, 3.63) is 47.6 Å². The topological polar surface area (TPSA) is 86.6 Å². The molecule has 0 amide bonds. The Morgan fingerprint density at radius 3 is 2.83 bits per heavy atom. The average Bonchev–Trinajstić information content (AvgIpc) is 3.61. The summed E-state index contributed by atoms with van der Waals surface area (Å²) >= 11 is 6.63. The first kappa shape index (κ1) is 25.4. The summed E-state index contributed by atoms with van der Waals surface area (Å²) in [6.45, 7) is 3.44. The molecule has 8 rings (SSSR count). The predicted octanol–water partition coefficient (Wildman–Crippen LogP) is 5.10. The van der Waals surface area contributed by atoms with Crippen molar-refractivity contribution in [3.63, 3.8) is 0 Å². The monoisotopic (exact) mass is 574 g/mol. The summed E-state index contributed by atoms with van der Waals surface area (Å²) in [6.07, 6.45) is 5.76. The Morgan fingerprint density at radius 1 is 1.12 bits per heavy atom. The molecule has 41 heavy (non-hydrogen) atoms. The van der Waals surface area contributed by atoms with E-state index in [1.807, 2.05) is 24.3 Å². The van der Waals surface area contributed by atoms with Gasteiger partial charge in [0.2, 0.25) is 0 Å². The zero-order chi connectivity index (χ0) is 27.7. The Hall–Kier alpha value is -3.27. The maximum absolute atomic E-state index is 14.4. The van der Waals surface area contributed by atoms with Crippen molar-refractivity contribution in [2.45, 2.75) is 55.9 Å². The lowest BCUT2D eigenvalue weighted by molar-refractivity contribution is 0.107. The van der Waals surface area contributed by atoms with Crippen molar-refractivity contribution in [2.24, 2.45) is 0 Å². The number of pyridine rings is 1. The second-order valence-electron chi connectivity index (χ2n) is 12.2. The van der Waals surface area contributed by atoms with E-state index < -0.39 is 6.17 Å². The molecule has 8 nitrogen and oxygen atoms in total. The molecule has 4 aliphatic heterocycles. The number of hydrogen-bond donors (Lipinski definition) is 2. The van der Waals surface area contributed by atoms with Crippen LogP contribution in [-0.4, -0.2) is 81.5 Å². The highest BCUT2D eigenvalue weighted by Gasteiger charge is 2.49. The van der Waals surface area contributed by atoms with Crippen LogP contribution in [0.4, 0.5) is 10.2 Å². The standard InChI is InChI=1S/C31H32ClFN6O2/c32-25-4-1-3-18-9-23(40)11-24(27(18)25)19-10-26-28(34-13-19)29(38-15-21-5-6-22(16-38)35-21)37-30(36-26)41-17-31-7-2-8-39(31)14-20(33)12-31/h1,3-4,9-11,13,20-22,35,40H,2,5-8,12,14-17H2/t20-,21?,22?,31?/m1/s1. The van der Waals surface area contributed by atoms with Gasteiger partial charge in [-0.05, 0) is 67.4 Å². The molecule has 4 aromatic rings. The summed E-state index contributed by atoms with van der Waals surface area (Å²) in [5.41, 5.74) is 2.65. The largest absolute Gasteiger partial charge is 0.508 e. The van der Waals surface area contributed by atoms with Gasteiger partial charge in [0.1, 0.15) is 24.0 Å². The number of nitrogens with zero attached hydrogens (tertiary/aromatic N) is 5. The number of phenols is 1. The molecule has 0 radical (unpaired) electrons. The third-order valence-corrected chi connectivity index (χ3v) is 9.78. The van der Waals surface area contributed by atoms with Gasteiger partial charge in [-0.15, -0.1) is 0 Å². The third kappa shape index (κ3) is 4.37. The minimum Gasteiger partial charge on any atom is -0.508 e. The Morgan fingerprint density at radius 2 is 1.98 bits per heavy atom. The molecule has 0 saturated carbocycles. The SMILES string of the molecule is Oc1cc(-c2cnc3c(N4CC5CCC(C4)N5)nc(OCC45CCCN4C[C@H](F)C5)nc3c2)c2c(Cl)cccc2c1. The smallest absolute Gasteiger partial charge is 0.319 e. The maximum atomic E-state index is 14.4. The van der Waals surface area contributed by atoms with Crippen molar-refractivity contribution in [1.82, 2.24) is 25.2 Å². The van der Waals surface area contributed by atoms with Gasteiger partial charge in [-0.2, -0.15) is 9.97 Å². The number of halogens is 2. The van der Waals surface area contributed by atoms with E-state index in [0.29, 0.717) is 53.7 Å². The highest BCUT2D eigenvalue weighted by atomic mass is 35.5. The Kier molecular flexibility index (Phi) is 5.98. The van der Waals surface area contributed by atoms with Crippen LogP contribution in [-0.2, 0) is 0 Å². The summed E-state index contributed by atoms with van der Waals surface area (Å²) in [6, 6.07) is 12.2. The number of ether oxygens (including phenoxy) is 1. The molecule has 4 atom stereocenters. The molecule has 2 aromatic heterocycles. The number of aromatic hydroxyl groups is 1. The number of fused-ring (bicyclic) bond motifs is 5. The Balaban J connectivity index is 1.23. The molecule has 2 bridgehead atoms. The van der Waals surface area contributed by atoms with Gasteiger partial charge in [0.05, 0.1) is 11.1 Å². The van der Waals surface area contributed by atoms with Crippen molar-refractivity contribution in [3.8, 4) is 22.9 Å². The van der Waals surface area contributed by atoms with E-state index in [1.165, 1.54) is 0 Å². The normalized spacial score (nSPS) is 27.7. The fraction of sp³-hybridized carbons (Fsp3) is 0.452. The van der Waals surface area contributed by atoms with E-state index in [9.17, 15) is 9.50 Å². The van der Waals surface area contributed by atoms with Crippen LogP contribution in [0.1, 0.15) is 32.1 Å². The molecule has 2 N–H and O–H groups in total. The van der Waals surface area contributed by atoms with E-state index in [-0.39, 0.29) is 11.3 Å². The molecule has 0 aliphatic carbocycles. The average molecular weight is 575 g/mol. The number of hydrogen-bond acceptors (Lipinski definition) is 8. The van der Waals surface area contributed by atoms with Gasteiger partial charge < -0.3 is 20.1 Å². The minimum atomic E-state index is -0.820. The quantitative estimate of drug-likeness (QED) is 0.340. The lowest BCUT2D eigenvalue weighted by Gasteiger charge is -2.34. The van der Waals surface area contributed by atoms with E-state index in [2.05, 4.69) is 15.1 Å². The zero-order valence-corrected chi connectivity index (χ0v) is 23.4. The van der Waals surface area contributed by atoms with Crippen LogP contribution < -0.4 is 15.0 Å². The number of rotatable bonds is 5. The zero-order valence-electron chi connectivity index (χ0n) is 22.7. The van der Waals surface area contributed by atoms with Crippen molar-refractivity contribution >= 4 is 39.2 Å². The van der Waals surface area contributed by atoms with Gasteiger partial charge in [-0.3, -0.25) is 9.88 Å². The number of aromatic nitrogens is 3. The first-order valence-corrected chi connectivity index (χ1v) is 14.9. The van der Waals surface area contributed by atoms with Crippen LogP contribution in [0.3, 0.4) is 0 Å². The molecule has 2 aromatic carbocycles. The van der Waals surface area contributed by atoms with Crippen LogP contribution in [0.25, 0.3) is 32.9 Å². The van der Waals surface area contributed by atoms with Crippen molar-refractivity contribution in [2.75, 3.05) is 37.7 Å². The molecule has 3 unspecified atom stereocenters. The van der Waals surface area contributed by atoms with Crippen molar-refractivity contribution in [1.29, 1.82) is 0 Å². The van der Waals surface area contributed by atoms with Crippen LogP contribution in [0.2, 0.25) is 5.02 Å². The number of alkyl halides is 1. The van der Waals surface area contributed by atoms with Gasteiger partial charge in [-0.25, -0.2) is 4.39 Å².